The highest BCUT2D eigenvalue weighted by atomic mass is 16.6. The van der Waals surface area contributed by atoms with Gasteiger partial charge < -0.3 is 5.11 Å². The molecule has 1 N–H and O–H groups in total. The van der Waals surface area contributed by atoms with E-state index in [-0.39, 0.29) is 47.1 Å². The Kier molecular flexibility index (Phi) is 7.03. The molecule has 0 bridgehead atoms. The van der Waals surface area contributed by atoms with E-state index in [1.165, 1.54) is 30.3 Å². The van der Waals surface area contributed by atoms with E-state index in [1.807, 2.05) is 42.5 Å². The Bertz CT molecular complexity index is 2140. The lowest BCUT2D eigenvalue weighted by Crippen LogP contribution is -2.58. The van der Waals surface area contributed by atoms with Crippen molar-refractivity contribution in [2.75, 3.05) is 4.90 Å². The van der Waals surface area contributed by atoms with Crippen LogP contribution in [0.5, 0.6) is 5.75 Å². The van der Waals surface area contributed by atoms with Crippen LogP contribution in [0.25, 0.3) is 5.57 Å². The van der Waals surface area contributed by atoms with E-state index >= 15 is 0 Å². The van der Waals surface area contributed by atoms with Crippen molar-refractivity contribution < 1.29 is 29.2 Å². The van der Waals surface area contributed by atoms with Gasteiger partial charge in [0, 0.05) is 35.1 Å². The fraction of sp³-hybridized carbons (Fsp3) is 0.200. The number of hydrogen-bond donors (Lipinski definition) is 1. The van der Waals surface area contributed by atoms with Crippen molar-refractivity contribution in [2.24, 2.45) is 23.7 Å². The number of nitrogens with zero attached hydrogens (tertiary/aromatic N) is 2. The maximum Gasteiger partial charge on any atom is 0.271 e. The molecule has 4 aliphatic rings. The second-order valence-corrected chi connectivity index (χ2v) is 13.1. The number of Topliss-reactive ketones (excluding diaryl/α,β-unsaturated/α-hetero) is 1. The molecule has 1 saturated carbocycles. The lowest BCUT2D eigenvalue weighted by atomic mass is 9.44. The summed E-state index contributed by atoms with van der Waals surface area (Å²) in [6.45, 7) is 0. The minimum absolute atomic E-state index is 0.0460. The molecule has 6 unspecified atom stereocenters. The molecule has 0 spiro atoms. The highest BCUT2D eigenvalue weighted by Crippen LogP contribution is 2.64. The van der Waals surface area contributed by atoms with Gasteiger partial charge in [-0.3, -0.25) is 29.3 Å². The van der Waals surface area contributed by atoms with E-state index in [9.17, 15) is 34.4 Å². The number of non-ortho nitro benzene ring substituents is 1. The van der Waals surface area contributed by atoms with Crippen molar-refractivity contribution in [1.29, 1.82) is 0 Å². The summed E-state index contributed by atoms with van der Waals surface area (Å²) in [6.07, 6.45) is 3.66. The van der Waals surface area contributed by atoms with Gasteiger partial charge in [-0.15, -0.1) is 0 Å². The summed E-state index contributed by atoms with van der Waals surface area (Å²) in [7, 11) is 0. The summed E-state index contributed by atoms with van der Waals surface area (Å²) in [5.41, 5.74) is 1.12. The molecular formula is C40H30N2O7. The molecule has 49 heavy (non-hydrogen) atoms. The van der Waals surface area contributed by atoms with E-state index in [4.69, 9.17) is 0 Å². The number of carbonyl (C=O) groups excluding carboxylic acids is 4. The zero-order valence-electron chi connectivity index (χ0n) is 26.1. The van der Waals surface area contributed by atoms with Crippen LogP contribution in [-0.4, -0.2) is 33.4 Å². The first kappa shape index (κ1) is 30.4. The van der Waals surface area contributed by atoms with Gasteiger partial charge in [0.1, 0.15) is 5.75 Å². The van der Waals surface area contributed by atoms with Crippen LogP contribution in [0.1, 0.15) is 35.4 Å². The predicted molar refractivity (Wildman–Crippen MR) is 180 cm³/mol. The normalized spacial score (nSPS) is 27.5. The fourth-order valence-electron chi connectivity index (χ4n) is 8.95. The van der Waals surface area contributed by atoms with E-state index in [1.54, 1.807) is 48.5 Å². The van der Waals surface area contributed by atoms with E-state index in [0.29, 0.717) is 16.7 Å². The molecule has 0 radical (unpaired) electrons. The van der Waals surface area contributed by atoms with Gasteiger partial charge in [0.25, 0.3) is 5.69 Å². The zero-order valence-corrected chi connectivity index (χ0v) is 26.1. The number of amides is 2. The topological polar surface area (TPSA) is 135 Å². The van der Waals surface area contributed by atoms with Crippen LogP contribution in [0.2, 0.25) is 0 Å². The Morgan fingerprint density at radius 2 is 1.49 bits per heavy atom. The summed E-state index contributed by atoms with van der Waals surface area (Å²) in [5.74, 6) is -5.55. The SMILES string of the molecule is O=C1C(c2ccccc2)=CC(=O)C2(c3ccccc3)C1CC1C(=CCC3C(=O)N(c4cccc([N+](=O)[O-])c4)C(=O)C31)C2c1ccccc1O. The van der Waals surface area contributed by atoms with Gasteiger partial charge in [-0.2, -0.15) is 0 Å². The van der Waals surface area contributed by atoms with Gasteiger partial charge in [-0.25, -0.2) is 4.90 Å². The molecule has 242 valence electrons. The van der Waals surface area contributed by atoms with Crippen molar-refractivity contribution in [3.05, 3.63) is 154 Å². The van der Waals surface area contributed by atoms with Crippen molar-refractivity contribution >= 4 is 40.3 Å². The molecule has 3 aliphatic carbocycles. The number of aromatic hydroxyl groups is 1. The lowest BCUT2D eigenvalue weighted by molar-refractivity contribution is -0.384. The first-order valence-electron chi connectivity index (χ1n) is 16.2. The number of carbonyl (C=O) groups is 4. The summed E-state index contributed by atoms with van der Waals surface area (Å²) in [6, 6.07) is 30.4. The van der Waals surface area contributed by atoms with Crippen LogP contribution >= 0.6 is 0 Å². The minimum atomic E-state index is -1.45. The van der Waals surface area contributed by atoms with Gasteiger partial charge in [0.2, 0.25) is 11.8 Å². The molecule has 2 fully saturated rings. The van der Waals surface area contributed by atoms with Crippen LogP contribution in [0.4, 0.5) is 11.4 Å². The fourth-order valence-corrected chi connectivity index (χ4v) is 8.95. The number of phenols is 1. The molecule has 6 atom stereocenters. The minimum Gasteiger partial charge on any atom is -0.508 e. The highest BCUT2D eigenvalue weighted by molar-refractivity contribution is 6.32. The van der Waals surface area contributed by atoms with Gasteiger partial charge in [-0.05, 0) is 48.1 Å². The summed E-state index contributed by atoms with van der Waals surface area (Å²) >= 11 is 0. The standard InChI is InChI=1S/C40H30N2O7/c43-33-17-8-7-16-28(33)36-27-18-19-29-35(39(47)41(38(29)46)25-14-9-15-26(20-25)42(48)49)31(27)21-32-37(45)30(23-10-3-1-4-11-23)22-34(44)40(32,36)24-12-5-2-6-13-24/h1-18,20,22,29,31-32,35-36,43H,19,21H2. The summed E-state index contributed by atoms with van der Waals surface area (Å²) in [4.78, 5) is 70.3. The number of phenolic OH excluding ortho intramolecular Hbond substituents is 1. The van der Waals surface area contributed by atoms with Gasteiger partial charge in [-0.1, -0.05) is 96.6 Å². The Hall–Kier alpha value is -5.96. The number of ketones is 2. The Balaban J connectivity index is 1.34. The molecule has 1 heterocycles. The largest absolute Gasteiger partial charge is 0.508 e. The Morgan fingerprint density at radius 3 is 2.20 bits per heavy atom. The number of benzene rings is 4. The number of fused-ring (bicyclic) bond motifs is 4. The molecule has 0 aromatic heterocycles. The zero-order chi connectivity index (χ0) is 34.0. The molecule has 1 saturated heterocycles. The number of nitro benzene ring substituents is 1. The summed E-state index contributed by atoms with van der Waals surface area (Å²) in [5, 5.41) is 23.0. The van der Waals surface area contributed by atoms with Crippen LogP contribution in [0.3, 0.4) is 0 Å². The first-order valence-corrected chi connectivity index (χ1v) is 16.2. The highest BCUT2D eigenvalue weighted by Gasteiger charge is 2.66. The van der Waals surface area contributed by atoms with Crippen molar-refractivity contribution in [2.45, 2.75) is 24.2 Å². The van der Waals surface area contributed by atoms with Crippen LogP contribution < -0.4 is 4.90 Å². The molecule has 9 nitrogen and oxygen atoms in total. The van der Waals surface area contributed by atoms with Crippen molar-refractivity contribution in [1.82, 2.24) is 0 Å². The molecule has 9 heteroatoms. The third-order valence-corrected chi connectivity index (χ3v) is 10.9. The second kappa shape index (κ2) is 11.3. The van der Waals surface area contributed by atoms with Crippen LogP contribution in [0.15, 0.2) is 127 Å². The molecule has 2 amide bonds. The Morgan fingerprint density at radius 1 is 0.796 bits per heavy atom. The molecule has 8 rings (SSSR count). The van der Waals surface area contributed by atoms with E-state index < -0.39 is 51.7 Å². The van der Waals surface area contributed by atoms with Crippen molar-refractivity contribution in [3.8, 4) is 5.75 Å². The molecule has 1 aliphatic heterocycles. The first-order chi connectivity index (χ1) is 23.7. The van der Waals surface area contributed by atoms with Gasteiger partial charge in [0.15, 0.2) is 11.6 Å². The van der Waals surface area contributed by atoms with Crippen LogP contribution in [0, 0.1) is 33.8 Å². The van der Waals surface area contributed by atoms with Gasteiger partial charge in [0.05, 0.1) is 27.9 Å². The Labute approximate surface area is 281 Å². The quantitative estimate of drug-likeness (QED) is 0.115. The number of nitro groups is 1. The number of hydrogen-bond acceptors (Lipinski definition) is 7. The van der Waals surface area contributed by atoms with E-state index in [2.05, 4.69) is 0 Å². The lowest BCUT2D eigenvalue weighted by Gasteiger charge is -2.55. The third-order valence-electron chi connectivity index (χ3n) is 10.9. The molecule has 4 aromatic carbocycles. The third kappa shape index (κ3) is 4.38. The monoisotopic (exact) mass is 650 g/mol. The number of para-hydroxylation sites is 1. The second-order valence-electron chi connectivity index (χ2n) is 13.1. The van der Waals surface area contributed by atoms with Crippen LogP contribution in [-0.2, 0) is 24.6 Å². The van der Waals surface area contributed by atoms with Crippen molar-refractivity contribution in [3.63, 3.8) is 0 Å². The predicted octanol–water partition coefficient (Wildman–Crippen LogP) is 6.33. The smallest absolute Gasteiger partial charge is 0.271 e. The average Bonchev–Trinajstić information content (AvgIpc) is 3.39. The maximum absolute atomic E-state index is 15.0. The number of allylic oxidation sites excluding steroid dienone is 4. The molecule has 4 aromatic rings. The maximum atomic E-state index is 15.0. The van der Waals surface area contributed by atoms with Gasteiger partial charge >= 0.3 is 0 Å². The number of anilines is 1. The molecular weight excluding hydrogens is 620 g/mol. The summed E-state index contributed by atoms with van der Waals surface area (Å²) < 4.78 is 0. The number of rotatable bonds is 5. The number of imide groups is 1. The average molecular weight is 651 g/mol. The van der Waals surface area contributed by atoms with E-state index in [0.717, 1.165) is 10.5 Å².